The first kappa shape index (κ1) is 21.4. The van der Waals surface area contributed by atoms with Crippen molar-refractivity contribution in [1.82, 2.24) is 0 Å². The van der Waals surface area contributed by atoms with Gasteiger partial charge in [-0.1, -0.05) is 27.2 Å². The number of rotatable bonds is 9. The Hall–Kier alpha value is -0.260. The van der Waals surface area contributed by atoms with Crippen LogP contribution in [-0.4, -0.2) is 50.0 Å². The molecule has 27 heavy (non-hydrogen) atoms. The van der Waals surface area contributed by atoms with Gasteiger partial charge in [0.15, 0.2) is 12.3 Å². The van der Waals surface area contributed by atoms with Gasteiger partial charge in [0.05, 0.1) is 24.4 Å². The summed E-state index contributed by atoms with van der Waals surface area (Å²) in [4.78, 5) is 0. The molecule has 0 bridgehead atoms. The molecule has 0 amide bonds. The van der Waals surface area contributed by atoms with E-state index in [4.69, 9.17) is 14.2 Å². The highest BCUT2D eigenvalue weighted by atomic mass is 19.1. The molecule has 3 aliphatic rings. The van der Waals surface area contributed by atoms with Crippen LogP contribution in [0.25, 0.3) is 0 Å². The molecule has 2 saturated carbocycles. The number of halogens is 2. The Morgan fingerprint density at radius 1 is 0.852 bits per heavy atom. The predicted octanol–water partition coefficient (Wildman–Crippen LogP) is 5.26. The van der Waals surface area contributed by atoms with Crippen LogP contribution in [0.5, 0.6) is 0 Å². The zero-order chi connectivity index (χ0) is 19.4. The lowest BCUT2D eigenvalue weighted by Gasteiger charge is -2.37. The van der Waals surface area contributed by atoms with E-state index in [0.29, 0.717) is 19.1 Å². The summed E-state index contributed by atoms with van der Waals surface area (Å²) in [5, 5.41) is 0. The van der Waals surface area contributed by atoms with E-state index in [2.05, 4.69) is 20.8 Å². The first-order valence-corrected chi connectivity index (χ1v) is 11.2. The molecule has 1 aliphatic heterocycles. The van der Waals surface area contributed by atoms with Crippen molar-refractivity contribution in [3.63, 3.8) is 0 Å². The Morgan fingerprint density at radius 3 is 1.85 bits per heavy atom. The second-order valence-corrected chi connectivity index (χ2v) is 9.14. The standard InChI is InChI=1S/C22H38F2O3/c1-4-5-12-25-17-10-8-15-16-9-11-18(26-13-6-7-14(2)3)20(24)22(16)27-21(15)19(17)23/h14-22H,4-13H2,1-3H3. The maximum absolute atomic E-state index is 15.1. The summed E-state index contributed by atoms with van der Waals surface area (Å²) >= 11 is 0. The van der Waals surface area contributed by atoms with E-state index < -0.39 is 30.7 Å². The Balaban J connectivity index is 1.52. The molecule has 3 nitrogen and oxygen atoms in total. The average Bonchev–Trinajstić information content (AvgIpc) is 3.02. The van der Waals surface area contributed by atoms with Gasteiger partial charge >= 0.3 is 0 Å². The minimum atomic E-state index is -1.14. The van der Waals surface area contributed by atoms with Crippen LogP contribution in [0.3, 0.4) is 0 Å². The smallest absolute Gasteiger partial charge is 0.152 e. The maximum Gasteiger partial charge on any atom is 0.152 e. The highest BCUT2D eigenvalue weighted by Gasteiger charge is 2.57. The molecule has 0 N–H and O–H groups in total. The first-order valence-electron chi connectivity index (χ1n) is 11.2. The lowest BCUT2D eigenvalue weighted by Crippen LogP contribution is -2.45. The molecule has 0 spiro atoms. The number of alkyl halides is 2. The normalized spacial score (nSPS) is 41.6. The van der Waals surface area contributed by atoms with Crippen molar-refractivity contribution in [3.05, 3.63) is 0 Å². The van der Waals surface area contributed by atoms with Gasteiger partial charge in [-0.15, -0.1) is 0 Å². The highest BCUT2D eigenvalue weighted by molar-refractivity contribution is 5.04. The summed E-state index contributed by atoms with van der Waals surface area (Å²) in [5.41, 5.74) is 0. The summed E-state index contributed by atoms with van der Waals surface area (Å²) in [5.74, 6) is 0.910. The fourth-order valence-corrected chi connectivity index (χ4v) is 5.16. The zero-order valence-corrected chi connectivity index (χ0v) is 17.2. The molecule has 8 unspecified atom stereocenters. The van der Waals surface area contributed by atoms with E-state index >= 15 is 8.78 Å². The van der Waals surface area contributed by atoms with E-state index in [1.165, 1.54) is 0 Å². The lowest BCUT2D eigenvalue weighted by molar-refractivity contribution is -0.134. The fourth-order valence-electron chi connectivity index (χ4n) is 5.16. The summed E-state index contributed by atoms with van der Waals surface area (Å²) in [6.45, 7) is 7.67. The lowest BCUT2D eigenvalue weighted by atomic mass is 9.71. The fraction of sp³-hybridized carbons (Fsp3) is 1.00. The second kappa shape index (κ2) is 9.98. The van der Waals surface area contributed by atoms with Gasteiger partial charge in [0, 0.05) is 13.2 Å². The number of ether oxygens (including phenoxy) is 3. The van der Waals surface area contributed by atoms with Crippen molar-refractivity contribution in [1.29, 1.82) is 0 Å². The summed E-state index contributed by atoms with van der Waals surface area (Å²) in [6, 6.07) is 0. The summed E-state index contributed by atoms with van der Waals surface area (Å²) in [6.07, 6.45) is 3.21. The molecule has 1 saturated heterocycles. The topological polar surface area (TPSA) is 27.7 Å². The Bertz CT molecular complexity index is 447. The molecule has 5 heteroatoms. The molecule has 0 aromatic carbocycles. The SMILES string of the molecule is CCCCOC1CCC2C3CCC(OCCCC(C)C)C(F)C3OC2C1F. The van der Waals surface area contributed by atoms with E-state index in [-0.39, 0.29) is 17.9 Å². The Kier molecular flexibility index (Phi) is 7.92. The van der Waals surface area contributed by atoms with Crippen LogP contribution < -0.4 is 0 Å². The van der Waals surface area contributed by atoms with Gasteiger partial charge in [0.1, 0.15) is 0 Å². The van der Waals surface area contributed by atoms with Crippen LogP contribution in [0, 0.1) is 17.8 Å². The molecule has 8 atom stereocenters. The van der Waals surface area contributed by atoms with Crippen LogP contribution in [-0.2, 0) is 14.2 Å². The third-order valence-electron chi connectivity index (χ3n) is 6.70. The minimum Gasteiger partial charge on any atom is -0.375 e. The van der Waals surface area contributed by atoms with E-state index in [9.17, 15) is 0 Å². The van der Waals surface area contributed by atoms with Gasteiger partial charge in [-0.3, -0.25) is 0 Å². The van der Waals surface area contributed by atoms with Crippen molar-refractivity contribution in [3.8, 4) is 0 Å². The quantitative estimate of drug-likeness (QED) is 0.505. The molecule has 3 rings (SSSR count). The second-order valence-electron chi connectivity index (χ2n) is 9.14. The maximum atomic E-state index is 15.1. The van der Waals surface area contributed by atoms with E-state index in [0.717, 1.165) is 51.4 Å². The number of fused-ring (bicyclic) bond motifs is 3. The van der Waals surface area contributed by atoms with Crippen LogP contribution in [0.15, 0.2) is 0 Å². The van der Waals surface area contributed by atoms with Crippen LogP contribution in [0.4, 0.5) is 8.78 Å². The monoisotopic (exact) mass is 388 g/mol. The third-order valence-corrected chi connectivity index (χ3v) is 6.70. The van der Waals surface area contributed by atoms with Crippen LogP contribution in [0.1, 0.15) is 72.1 Å². The van der Waals surface area contributed by atoms with Crippen molar-refractivity contribution in [2.75, 3.05) is 13.2 Å². The minimum absolute atomic E-state index is 0.135. The number of unbranched alkanes of at least 4 members (excludes halogenated alkanes) is 1. The molecular formula is C22H38F2O3. The predicted molar refractivity (Wildman–Crippen MR) is 102 cm³/mol. The highest BCUT2D eigenvalue weighted by Crippen LogP contribution is 2.49. The molecule has 2 aliphatic carbocycles. The summed E-state index contributed by atoms with van der Waals surface area (Å²) in [7, 11) is 0. The van der Waals surface area contributed by atoms with Crippen molar-refractivity contribution >= 4 is 0 Å². The molecule has 158 valence electrons. The molecule has 3 fully saturated rings. The van der Waals surface area contributed by atoms with Crippen molar-refractivity contribution < 1.29 is 23.0 Å². The van der Waals surface area contributed by atoms with Gasteiger partial charge in [0.25, 0.3) is 0 Å². The van der Waals surface area contributed by atoms with E-state index in [1.807, 2.05) is 0 Å². The van der Waals surface area contributed by atoms with Gasteiger partial charge < -0.3 is 14.2 Å². The zero-order valence-electron chi connectivity index (χ0n) is 17.2. The average molecular weight is 389 g/mol. The number of hydrogen-bond donors (Lipinski definition) is 0. The van der Waals surface area contributed by atoms with Crippen LogP contribution in [0.2, 0.25) is 0 Å². The molecule has 0 aromatic rings. The molecule has 0 aromatic heterocycles. The molecule has 1 heterocycles. The van der Waals surface area contributed by atoms with Gasteiger partial charge in [-0.2, -0.15) is 0 Å². The third kappa shape index (κ3) is 5.02. The van der Waals surface area contributed by atoms with Gasteiger partial charge in [-0.25, -0.2) is 8.78 Å². The van der Waals surface area contributed by atoms with Crippen molar-refractivity contribution in [2.24, 2.45) is 17.8 Å². The largest absolute Gasteiger partial charge is 0.375 e. The summed E-state index contributed by atoms with van der Waals surface area (Å²) < 4.78 is 47.7. The Morgan fingerprint density at radius 2 is 1.37 bits per heavy atom. The molecule has 0 radical (unpaired) electrons. The molecular weight excluding hydrogens is 350 g/mol. The number of hydrogen-bond acceptors (Lipinski definition) is 3. The van der Waals surface area contributed by atoms with Crippen molar-refractivity contribution in [2.45, 2.75) is 109 Å². The Labute approximate surface area is 163 Å². The van der Waals surface area contributed by atoms with Gasteiger partial charge in [-0.05, 0) is 62.7 Å². The van der Waals surface area contributed by atoms with Gasteiger partial charge in [0.2, 0.25) is 0 Å². The van der Waals surface area contributed by atoms with E-state index in [1.54, 1.807) is 0 Å². The van der Waals surface area contributed by atoms with Crippen LogP contribution >= 0.6 is 0 Å². The first-order chi connectivity index (χ1) is 13.0.